The molecule has 0 aliphatic carbocycles. The zero-order valence-corrected chi connectivity index (χ0v) is 17.5. The number of hydrogen-bond acceptors (Lipinski definition) is 6. The average molecular weight is 392 g/mol. The van der Waals surface area contributed by atoms with Gasteiger partial charge in [0.15, 0.2) is 5.60 Å². The summed E-state index contributed by atoms with van der Waals surface area (Å²) in [5.74, 6) is 0.813. The molecule has 0 radical (unpaired) electrons. The van der Waals surface area contributed by atoms with Gasteiger partial charge in [-0.1, -0.05) is 6.07 Å². The molecule has 3 rings (SSSR count). The van der Waals surface area contributed by atoms with Gasteiger partial charge in [0.05, 0.1) is 19.3 Å². The molecule has 156 valence electrons. The van der Waals surface area contributed by atoms with Crippen LogP contribution in [0.3, 0.4) is 0 Å². The summed E-state index contributed by atoms with van der Waals surface area (Å²) in [6.07, 6.45) is 1.39. The van der Waals surface area contributed by atoms with Crippen molar-refractivity contribution in [3.05, 3.63) is 24.3 Å². The number of ether oxygens (including phenoxy) is 2. The Balaban J connectivity index is 1.59. The van der Waals surface area contributed by atoms with E-state index in [0.29, 0.717) is 32.5 Å². The van der Waals surface area contributed by atoms with Gasteiger partial charge in [-0.2, -0.15) is 0 Å². The molecule has 1 amide bonds. The van der Waals surface area contributed by atoms with Crippen molar-refractivity contribution < 1.29 is 19.4 Å². The standard InChI is InChI=1S/C21H33N3O4/c1-20(19(25)22(2)3)15-23(12-13-28-20)16-21(26)8-10-24(11-9-21)17-6-5-7-18(14-17)27-4/h5-7,14,26H,8-13,15-16H2,1-4H3. The van der Waals surface area contributed by atoms with Gasteiger partial charge in [-0.3, -0.25) is 9.69 Å². The van der Waals surface area contributed by atoms with Gasteiger partial charge in [0.1, 0.15) is 5.75 Å². The molecule has 7 heteroatoms. The zero-order valence-electron chi connectivity index (χ0n) is 17.5. The Morgan fingerprint density at radius 3 is 2.64 bits per heavy atom. The first-order valence-corrected chi connectivity index (χ1v) is 9.94. The van der Waals surface area contributed by atoms with Crippen molar-refractivity contribution in [3.8, 4) is 5.75 Å². The Morgan fingerprint density at radius 2 is 2.00 bits per heavy atom. The third-order valence-corrected chi connectivity index (χ3v) is 5.84. The first kappa shape index (κ1) is 20.9. The number of nitrogens with zero attached hydrogens (tertiary/aromatic N) is 3. The number of carbonyl (C=O) groups is 1. The third-order valence-electron chi connectivity index (χ3n) is 5.84. The molecular formula is C21H33N3O4. The second-order valence-electron chi connectivity index (χ2n) is 8.40. The van der Waals surface area contributed by atoms with E-state index in [0.717, 1.165) is 31.1 Å². The van der Waals surface area contributed by atoms with Crippen molar-refractivity contribution in [3.63, 3.8) is 0 Å². The fourth-order valence-electron chi connectivity index (χ4n) is 4.25. The summed E-state index contributed by atoms with van der Waals surface area (Å²) in [6, 6.07) is 8.04. The highest BCUT2D eigenvalue weighted by atomic mass is 16.5. The van der Waals surface area contributed by atoms with Crippen LogP contribution >= 0.6 is 0 Å². The van der Waals surface area contributed by atoms with Gasteiger partial charge in [0.25, 0.3) is 5.91 Å². The van der Waals surface area contributed by atoms with Crippen LogP contribution in [-0.2, 0) is 9.53 Å². The molecule has 0 saturated carbocycles. The van der Waals surface area contributed by atoms with Crippen molar-refractivity contribution in [1.29, 1.82) is 0 Å². The van der Waals surface area contributed by atoms with E-state index in [1.807, 2.05) is 25.1 Å². The number of benzene rings is 1. The predicted octanol–water partition coefficient (Wildman–Crippen LogP) is 1.21. The Bertz CT molecular complexity index is 688. The fourth-order valence-corrected chi connectivity index (χ4v) is 4.25. The number of carbonyl (C=O) groups excluding carboxylic acids is 1. The van der Waals surface area contributed by atoms with Crippen molar-refractivity contribution in [1.82, 2.24) is 9.80 Å². The SMILES string of the molecule is COc1cccc(N2CCC(O)(CN3CCOC(C)(C(=O)N(C)C)C3)CC2)c1. The molecule has 2 saturated heterocycles. The summed E-state index contributed by atoms with van der Waals surface area (Å²) >= 11 is 0. The minimum atomic E-state index is -0.848. The summed E-state index contributed by atoms with van der Waals surface area (Å²) < 4.78 is 11.1. The van der Waals surface area contributed by atoms with Crippen LogP contribution in [0.1, 0.15) is 19.8 Å². The van der Waals surface area contributed by atoms with Gasteiger partial charge in [-0.25, -0.2) is 0 Å². The predicted molar refractivity (Wildman–Crippen MR) is 109 cm³/mol. The summed E-state index contributed by atoms with van der Waals surface area (Å²) in [5.41, 5.74) is -0.467. The summed E-state index contributed by atoms with van der Waals surface area (Å²) in [5, 5.41) is 11.2. The van der Waals surface area contributed by atoms with Gasteiger partial charge < -0.3 is 24.4 Å². The highest BCUT2D eigenvalue weighted by molar-refractivity contribution is 5.84. The van der Waals surface area contributed by atoms with E-state index >= 15 is 0 Å². The fraction of sp³-hybridized carbons (Fsp3) is 0.667. The number of rotatable bonds is 5. The molecule has 1 atom stereocenters. The number of piperidine rings is 1. The van der Waals surface area contributed by atoms with Crippen LogP contribution in [0, 0.1) is 0 Å². The quantitative estimate of drug-likeness (QED) is 0.814. The number of morpholine rings is 1. The van der Waals surface area contributed by atoms with Gasteiger partial charge in [0.2, 0.25) is 0 Å². The van der Waals surface area contributed by atoms with E-state index < -0.39 is 11.2 Å². The van der Waals surface area contributed by atoms with Crippen LogP contribution < -0.4 is 9.64 Å². The van der Waals surface area contributed by atoms with E-state index in [2.05, 4.69) is 15.9 Å². The molecule has 28 heavy (non-hydrogen) atoms. The van der Waals surface area contributed by atoms with Gasteiger partial charge in [-0.15, -0.1) is 0 Å². The molecule has 2 fully saturated rings. The zero-order chi connectivity index (χ0) is 20.4. The maximum absolute atomic E-state index is 12.5. The van der Waals surface area contributed by atoms with Crippen LogP contribution in [0.15, 0.2) is 24.3 Å². The van der Waals surface area contributed by atoms with E-state index in [4.69, 9.17) is 9.47 Å². The Morgan fingerprint density at radius 1 is 1.29 bits per heavy atom. The molecular weight excluding hydrogens is 358 g/mol. The van der Waals surface area contributed by atoms with Crippen molar-refractivity contribution >= 4 is 11.6 Å². The normalized spacial score (nSPS) is 25.4. The second kappa shape index (κ2) is 8.27. The maximum Gasteiger partial charge on any atom is 0.255 e. The van der Waals surface area contributed by atoms with Crippen LogP contribution in [0.5, 0.6) is 5.75 Å². The lowest BCUT2D eigenvalue weighted by atomic mass is 9.89. The maximum atomic E-state index is 12.5. The molecule has 2 aliphatic heterocycles. The van der Waals surface area contributed by atoms with E-state index in [9.17, 15) is 9.90 Å². The third kappa shape index (κ3) is 4.59. The molecule has 2 heterocycles. The number of methoxy groups -OCH3 is 1. The first-order chi connectivity index (χ1) is 13.2. The lowest BCUT2D eigenvalue weighted by Gasteiger charge is -2.45. The van der Waals surface area contributed by atoms with Crippen molar-refractivity contribution in [2.24, 2.45) is 0 Å². The molecule has 7 nitrogen and oxygen atoms in total. The average Bonchev–Trinajstić information content (AvgIpc) is 2.67. The van der Waals surface area contributed by atoms with Crippen LogP contribution in [0.2, 0.25) is 0 Å². The molecule has 0 bridgehead atoms. The number of likely N-dealkylation sites (N-methyl/N-ethyl adjacent to an activating group) is 1. The summed E-state index contributed by atoms with van der Waals surface area (Å²) in [6.45, 7) is 5.74. The van der Waals surface area contributed by atoms with Crippen LogP contribution in [0.25, 0.3) is 0 Å². The van der Waals surface area contributed by atoms with Crippen molar-refractivity contribution in [2.45, 2.75) is 31.0 Å². The Kier molecular flexibility index (Phi) is 6.17. The number of anilines is 1. The Hall–Kier alpha value is -1.83. The minimum absolute atomic E-state index is 0.0305. The van der Waals surface area contributed by atoms with Gasteiger partial charge >= 0.3 is 0 Å². The van der Waals surface area contributed by atoms with E-state index in [1.54, 1.807) is 26.1 Å². The molecule has 1 aromatic rings. The van der Waals surface area contributed by atoms with Crippen LogP contribution in [-0.4, -0.2) is 92.6 Å². The number of β-amino-alcohol motifs (C(OH)–C–C–N with tert-alkyl or cyclic N) is 1. The molecule has 1 unspecified atom stereocenters. The molecule has 1 aromatic carbocycles. The topological polar surface area (TPSA) is 65.5 Å². The molecule has 0 spiro atoms. The summed E-state index contributed by atoms with van der Waals surface area (Å²) in [4.78, 5) is 18.5. The number of amides is 1. The van der Waals surface area contributed by atoms with E-state index in [-0.39, 0.29) is 5.91 Å². The highest BCUT2D eigenvalue weighted by Crippen LogP contribution is 2.30. The minimum Gasteiger partial charge on any atom is -0.497 e. The second-order valence-corrected chi connectivity index (χ2v) is 8.40. The first-order valence-electron chi connectivity index (χ1n) is 9.94. The summed E-state index contributed by atoms with van der Waals surface area (Å²) in [7, 11) is 5.17. The smallest absolute Gasteiger partial charge is 0.255 e. The van der Waals surface area contributed by atoms with Crippen LogP contribution in [0.4, 0.5) is 5.69 Å². The lowest BCUT2D eigenvalue weighted by molar-refractivity contribution is -0.168. The highest BCUT2D eigenvalue weighted by Gasteiger charge is 2.43. The number of aliphatic hydroxyl groups is 1. The molecule has 1 N–H and O–H groups in total. The largest absolute Gasteiger partial charge is 0.497 e. The van der Waals surface area contributed by atoms with E-state index in [1.165, 1.54) is 0 Å². The van der Waals surface area contributed by atoms with Gasteiger partial charge in [0, 0.05) is 58.6 Å². The number of hydrogen-bond donors (Lipinski definition) is 1. The van der Waals surface area contributed by atoms with Gasteiger partial charge in [-0.05, 0) is 31.9 Å². The molecule has 2 aliphatic rings. The lowest BCUT2D eigenvalue weighted by Crippen LogP contribution is -2.61. The molecule has 0 aromatic heterocycles. The monoisotopic (exact) mass is 391 g/mol. The Labute approximate surface area is 167 Å². The van der Waals surface area contributed by atoms with Crippen molar-refractivity contribution in [2.75, 3.05) is 65.4 Å².